The number of esters is 1. The maximum atomic E-state index is 12.6. The number of ether oxygens (including phenoxy) is 1. The minimum atomic E-state index is -0.756. The van der Waals surface area contributed by atoms with Crippen LogP contribution in [0.15, 0.2) is 30.5 Å². The first-order chi connectivity index (χ1) is 12.1. The molecule has 134 valence electrons. The number of Topliss-reactive ketones (excluding diaryl/α,β-unsaturated/α-hetero) is 1. The molecule has 4 nitrogen and oxygen atoms in total. The highest BCUT2D eigenvalue weighted by molar-refractivity contribution is 8.77. The van der Waals surface area contributed by atoms with Crippen LogP contribution in [-0.2, 0) is 9.53 Å². The normalized spacial score (nSPS) is 18.4. The number of aromatic amines is 1. The maximum Gasteiger partial charge on any atom is 0.306 e. The van der Waals surface area contributed by atoms with Gasteiger partial charge in [-0.25, -0.2) is 0 Å². The van der Waals surface area contributed by atoms with Crippen molar-refractivity contribution in [2.24, 2.45) is 0 Å². The first-order valence-electron chi connectivity index (χ1n) is 8.73. The Hall–Kier alpha value is -1.40. The van der Waals surface area contributed by atoms with E-state index in [2.05, 4.69) is 4.98 Å². The van der Waals surface area contributed by atoms with Crippen LogP contribution in [0.25, 0.3) is 10.9 Å². The minimum Gasteiger partial charge on any atom is -0.454 e. The summed E-state index contributed by atoms with van der Waals surface area (Å²) in [5.41, 5.74) is 1.49. The second-order valence-electron chi connectivity index (χ2n) is 6.32. The Morgan fingerprint density at radius 2 is 2.16 bits per heavy atom. The van der Waals surface area contributed by atoms with Crippen molar-refractivity contribution in [1.29, 1.82) is 0 Å². The summed E-state index contributed by atoms with van der Waals surface area (Å²) in [6.45, 7) is 1.65. The van der Waals surface area contributed by atoms with Crippen molar-refractivity contribution in [3.05, 3.63) is 36.0 Å². The number of carbonyl (C=O) groups is 2. The number of nitrogens with one attached hydrogen (secondary N) is 1. The van der Waals surface area contributed by atoms with Crippen molar-refractivity contribution in [3.8, 4) is 0 Å². The molecule has 2 atom stereocenters. The first kappa shape index (κ1) is 18.4. The lowest BCUT2D eigenvalue weighted by Crippen LogP contribution is -2.24. The number of ketones is 1. The molecule has 0 bridgehead atoms. The Bertz CT molecular complexity index is 737. The number of hydrogen-bond donors (Lipinski definition) is 1. The third-order valence-corrected chi connectivity index (χ3v) is 7.42. The second kappa shape index (κ2) is 8.81. The van der Waals surface area contributed by atoms with Gasteiger partial charge in [0.2, 0.25) is 5.78 Å². The SMILES string of the molecule is C[C@H](OC(=O)CCCC[C@H]1CCSS1)C(=O)c1c[nH]c2ccccc12. The van der Waals surface area contributed by atoms with E-state index in [-0.39, 0.29) is 11.8 Å². The number of fused-ring (bicyclic) bond motifs is 1. The average Bonchev–Trinajstić information content (AvgIpc) is 3.27. The Kier molecular flexibility index (Phi) is 6.48. The molecule has 0 aliphatic carbocycles. The molecule has 2 aromatic rings. The van der Waals surface area contributed by atoms with E-state index < -0.39 is 6.10 Å². The van der Waals surface area contributed by atoms with E-state index in [1.165, 1.54) is 12.2 Å². The van der Waals surface area contributed by atoms with E-state index >= 15 is 0 Å². The molecule has 1 aliphatic rings. The van der Waals surface area contributed by atoms with Crippen LogP contribution in [0.2, 0.25) is 0 Å². The summed E-state index contributed by atoms with van der Waals surface area (Å²) in [7, 11) is 3.91. The molecule has 0 spiro atoms. The predicted molar refractivity (Wildman–Crippen MR) is 105 cm³/mol. The Morgan fingerprint density at radius 3 is 2.96 bits per heavy atom. The molecule has 0 unspecified atom stereocenters. The molecule has 6 heteroatoms. The molecular formula is C19H23NO3S2. The highest BCUT2D eigenvalue weighted by Crippen LogP contribution is 2.39. The van der Waals surface area contributed by atoms with Gasteiger partial charge in [0.15, 0.2) is 6.10 Å². The largest absolute Gasteiger partial charge is 0.454 e. The molecule has 0 radical (unpaired) electrons. The number of para-hydroxylation sites is 1. The number of hydrogen-bond acceptors (Lipinski definition) is 5. The molecule has 0 saturated carbocycles. The molecule has 1 saturated heterocycles. The summed E-state index contributed by atoms with van der Waals surface area (Å²) >= 11 is 0. The molecule has 3 rings (SSSR count). The number of carbonyl (C=O) groups excluding carboxylic acids is 2. The number of rotatable bonds is 8. The Labute approximate surface area is 155 Å². The highest BCUT2D eigenvalue weighted by Gasteiger charge is 2.22. The van der Waals surface area contributed by atoms with Crippen molar-refractivity contribution in [1.82, 2.24) is 4.98 Å². The van der Waals surface area contributed by atoms with Gasteiger partial charge in [0.1, 0.15) is 0 Å². The summed E-state index contributed by atoms with van der Waals surface area (Å²) in [5, 5.41) is 1.60. The molecule has 1 aliphatic heterocycles. The topological polar surface area (TPSA) is 59.2 Å². The lowest BCUT2D eigenvalue weighted by atomic mass is 10.1. The highest BCUT2D eigenvalue weighted by atomic mass is 33.1. The molecular weight excluding hydrogens is 354 g/mol. The number of benzene rings is 1. The predicted octanol–water partition coefficient (Wildman–Crippen LogP) is 5.00. The molecule has 25 heavy (non-hydrogen) atoms. The van der Waals surface area contributed by atoms with E-state index in [0.717, 1.165) is 35.4 Å². The van der Waals surface area contributed by atoms with E-state index in [4.69, 9.17) is 4.74 Å². The van der Waals surface area contributed by atoms with Crippen LogP contribution in [0.3, 0.4) is 0 Å². The van der Waals surface area contributed by atoms with Crippen LogP contribution in [0.5, 0.6) is 0 Å². The van der Waals surface area contributed by atoms with Crippen molar-refractivity contribution >= 4 is 44.2 Å². The van der Waals surface area contributed by atoms with Crippen molar-refractivity contribution in [3.63, 3.8) is 0 Å². The Balaban J connectivity index is 1.45. The van der Waals surface area contributed by atoms with Crippen LogP contribution in [0.1, 0.15) is 49.4 Å². The van der Waals surface area contributed by atoms with E-state index in [1.54, 1.807) is 13.1 Å². The van der Waals surface area contributed by atoms with E-state index in [1.807, 2.05) is 45.9 Å². The smallest absolute Gasteiger partial charge is 0.306 e. The number of aromatic nitrogens is 1. The first-order valence-corrected chi connectivity index (χ1v) is 11.1. The van der Waals surface area contributed by atoms with Gasteiger partial charge in [0.05, 0.1) is 0 Å². The van der Waals surface area contributed by atoms with Crippen LogP contribution >= 0.6 is 21.6 Å². The third kappa shape index (κ3) is 4.82. The van der Waals surface area contributed by atoms with Gasteiger partial charge in [-0.15, -0.1) is 0 Å². The third-order valence-electron chi connectivity index (χ3n) is 4.42. The van der Waals surface area contributed by atoms with Gasteiger partial charge < -0.3 is 9.72 Å². The zero-order chi connectivity index (χ0) is 17.6. The lowest BCUT2D eigenvalue weighted by molar-refractivity contribution is -0.146. The Morgan fingerprint density at radius 1 is 1.32 bits per heavy atom. The zero-order valence-electron chi connectivity index (χ0n) is 14.3. The average molecular weight is 378 g/mol. The fourth-order valence-corrected chi connectivity index (χ4v) is 6.04. The summed E-state index contributed by atoms with van der Waals surface area (Å²) in [5.74, 6) is 0.796. The molecule has 0 amide bonds. The molecule has 1 aromatic heterocycles. The van der Waals surface area contributed by atoms with Gasteiger partial charge in [-0.3, -0.25) is 9.59 Å². The maximum absolute atomic E-state index is 12.6. The van der Waals surface area contributed by atoms with Crippen molar-refractivity contribution < 1.29 is 14.3 Å². The quantitative estimate of drug-likeness (QED) is 0.304. The summed E-state index contributed by atoms with van der Waals surface area (Å²) in [4.78, 5) is 27.6. The van der Waals surface area contributed by atoms with Gasteiger partial charge in [0.25, 0.3) is 0 Å². The lowest BCUT2D eigenvalue weighted by Gasteiger charge is -2.12. The van der Waals surface area contributed by atoms with Gasteiger partial charge in [-0.2, -0.15) is 0 Å². The fourth-order valence-electron chi connectivity index (χ4n) is 3.01. The zero-order valence-corrected chi connectivity index (χ0v) is 16.0. The number of H-pyrrole nitrogens is 1. The summed E-state index contributed by atoms with van der Waals surface area (Å²) < 4.78 is 5.35. The summed E-state index contributed by atoms with van der Waals surface area (Å²) in [6, 6.07) is 7.63. The molecule has 1 aromatic carbocycles. The van der Waals surface area contributed by atoms with Crippen LogP contribution in [0, 0.1) is 0 Å². The van der Waals surface area contributed by atoms with E-state index in [9.17, 15) is 9.59 Å². The van der Waals surface area contributed by atoms with Gasteiger partial charge in [-0.05, 0) is 32.3 Å². The number of unbranched alkanes of at least 4 members (excludes halogenated alkanes) is 1. The summed E-state index contributed by atoms with van der Waals surface area (Å²) in [6.07, 6.45) is 5.62. The fraction of sp³-hybridized carbons (Fsp3) is 0.474. The second-order valence-corrected chi connectivity index (χ2v) is 9.11. The minimum absolute atomic E-state index is 0.162. The molecule has 1 N–H and O–H groups in total. The van der Waals surface area contributed by atoms with Crippen LogP contribution in [0.4, 0.5) is 0 Å². The monoisotopic (exact) mass is 377 g/mol. The van der Waals surface area contributed by atoms with Crippen molar-refractivity contribution in [2.45, 2.75) is 50.4 Å². The van der Waals surface area contributed by atoms with Crippen LogP contribution in [-0.4, -0.2) is 33.8 Å². The van der Waals surface area contributed by atoms with Gasteiger partial charge >= 0.3 is 5.97 Å². The molecule has 1 fully saturated rings. The molecule has 2 heterocycles. The standard InChI is InChI=1S/C19H23NO3S2/c1-13(19(22)16-12-20-17-8-4-3-7-15(16)17)23-18(21)9-5-2-6-14-10-11-24-25-14/h3-4,7-8,12-14,20H,2,5-6,9-11H2,1H3/t13-,14-/m0/s1. The van der Waals surface area contributed by atoms with E-state index in [0.29, 0.717) is 12.0 Å². The van der Waals surface area contributed by atoms with Gasteiger partial charge in [0, 0.05) is 40.1 Å². The van der Waals surface area contributed by atoms with Gasteiger partial charge in [-0.1, -0.05) is 46.2 Å². The van der Waals surface area contributed by atoms with Crippen LogP contribution < -0.4 is 0 Å². The van der Waals surface area contributed by atoms with Crippen molar-refractivity contribution in [2.75, 3.05) is 5.75 Å².